The molecule has 1 aliphatic carbocycles. The van der Waals surface area contributed by atoms with Gasteiger partial charge in [-0.25, -0.2) is 9.97 Å². The minimum absolute atomic E-state index is 0.274. The Hall–Kier alpha value is -0.680. The number of hydrogen-bond acceptors (Lipinski definition) is 4. The molecule has 1 fully saturated rings. The van der Waals surface area contributed by atoms with Crippen LogP contribution in [0.5, 0.6) is 0 Å². The Morgan fingerprint density at radius 2 is 2.22 bits per heavy atom. The van der Waals surface area contributed by atoms with Crippen LogP contribution in [0.3, 0.4) is 0 Å². The van der Waals surface area contributed by atoms with E-state index in [9.17, 15) is 0 Å². The van der Waals surface area contributed by atoms with Crippen LogP contribution < -0.4 is 5.32 Å². The topological polar surface area (TPSA) is 58.0 Å². The van der Waals surface area contributed by atoms with Gasteiger partial charge in [0.25, 0.3) is 0 Å². The van der Waals surface area contributed by atoms with E-state index < -0.39 is 0 Å². The first-order valence-electron chi connectivity index (χ1n) is 6.56. The van der Waals surface area contributed by atoms with E-state index in [1.54, 1.807) is 0 Å². The molecular formula is C13H20BrN3O. The predicted molar refractivity (Wildman–Crippen MR) is 75.6 cm³/mol. The van der Waals surface area contributed by atoms with Crippen molar-refractivity contribution < 1.29 is 5.11 Å². The van der Waals surface area contributed by atoms with E-state index in [1.165, 1.54) is 12.8 Å². The van der Waals surface area contributed by atoms with E-state index in [0.717, 1.165) is 42.1 Å². The molecule has 2 rings (SSSR count). The van der Waals surface area contributed by atoms with E-state index in [2.05, 4.69) is 38.1 Å². The lowest BCUT2D eigenvalue weighted by atomic mass is 10.0. The molecule has 1 heterocycles. The second-order valence-corrected chi connectivity index (χ2v) is 5.88. The molecule has 0 bridgehead atoms. The fourth-order valence-electron chi connectivity index (χ4n) is 2.10. The second kappa shape index (κ2) is 5.97. The van der Waals surface area contributed by atoms with Crippen LogP contribution in [0.1, 0.15) is 38.4 Å². The normalized spacial score (nSPS) is 16.6. The first-order chi connectivity index (χ1) is 8.67. The van der Waals surface area contributed by atoms with E-state index in [0.29, 0.717) is 5.41 Å². The average Bonchev–Trinajstić information content (AvgIpc) is 3.07. The summed E-state index contributed by atoms with van der Waals surface area (Å²) in [7, 11) is 0. The van der Waals surface area contributed by atoms with Crippen molar-refractivity contribution in [2.75, 3.05) is 18.5 Å². The summed E-state index contributed by atoms with van der Waals surface area (Å²) in [6.45, 7) is 3.29. The number of nitrogens with zero attached hydrogens (tertiary/aromatic N) is 2. The highest BCUT2D eigenvalue weighted by molar-refractivity contribution is 9.10. The summed E-state index contributed by atoms with van der Waals surface area (Å²) in [6.07, 6.45) is 5.23. The van der Waals surface area contributed by atoms with E-state index in [1.807, 2.05) is 6.07 Å². The van der Waals surface area contributed by atoms with Crippen molar-refractivity contribution >= 4 is 21.7 Å². The molecule has 18 heavy (non-hydrogen) atoms. The van der Waals surface area contributed by atoms with Crippen molar-refractivity contribution in [3.8, 4) is 0 Å². The zero-order chi connectivity index (χ0) is 13.0. The molecule has 0 aliphatic heterocycles. The molecule has 1 aliphatic rings. The third-order valence-corrected chi connectivity index (χ3v) is 3.86. The summed E-state index contributed by atoms with van der Waals surface area (Å²) in [4.78, 5) is 8.85. The van der Waals surface area contributed by atoms with Crippen molar-refractivity contribution in [2.24, 2.45) is 5.41 Å². The first-order valence-corrected chi connectivity index (χ1v) is 7.35. The van der Waals surface area contributed by atoms with Gasteiger partial charge in [-0.05, 0) is 47.0 Å². The molecule has 0 atom stereocenters. The molecule has 5 heteroatoms. The molecule has 1 saturated carbocycles. The largest absolute Gasteiger partial charge is 0.396 e. The highest BCUT2D eigenvalue weighted by atomic mass is 79.9. The molecule has 0 aromatic carbocycles. The van der Waals surface area contributed by atoms with Crippen molar-refractivity contribution in [3.63, 3.8) is 0 Å². The molecule has 0 unspecified atom stereocenters. The number of nitrogens with one attached hydrogen (secondary N) is 1. The highest BCUT2D eigenvalue weighted by Crippen LogP contribution is 2.48. The second-order valence-electron chi connectivity index (χ2n) is 5.07. The molecule has 2 N–H and O–H groups in total. The van der Waals surface area contributed by atoms with Crippen LogP contribution in [-0.2, 0) is 6.42 Å². The Bertz CT molecular complexity index is 407. The molecule has 1 aromatic heterocycles. The monoisotopic (exact) mass is 313 g/mol. The van der Waals surface area contributed by atoms with Crippen LogP contribution in [-0.4, -0.2) is 28.2 Å². The van der Waals surface area contributed by atoms with Crippen molar-refractivity contribution in [2.45, 2.75) is 39.0 Å². The molecule has 0 saturated heterocycles. The van der Waals surface area contributed by atoms with Gasteiger partial charge in [-0.15, -0.1) is 0 Å². The number of hydrogen-bond donors (Lipinski definition) is 2. The lowest BCUT2D eigenvalue weighted by Gasteiger charge is -2.15. The third-order valence-electron chi connectivity index (χ3n) is 3.46. The lowest BCUT2D eigenvalue weighted by molar-refractivity contribution is 0.253. The summed E-state index contributed by atoms with van der Waals surface area (Å²) < 4.78 is 0.829. The van der Waals surface area contributed by atoms with Gasteiger partial charge in [0, 0.05) is 25.6 Å². The van der Waals surface area contributed by atoms with Crippen molar-refractivity contribution in [1.29, 1.82) is 0 Å². The van der Waals surface area contributed by atoms with Gasteiger partial charge in [0.05, 0.1) is 0 Å². The lowest BCUT2D eigenvalue weighted by Crippen LogP contribution is -2.17. The van der Waals surface area contributed by atoms with Gasteiger partial charge >= 0.3 is 0 Å². The number of aliphatic hydroxyl groups is 1. The minimum Gasteiger partial charge on any atom is -0.396 e. The summed E-state index contributed by atoms with van der Waals surface area (Å²) in [5.74, 6) is 1.76. The fraction of sp³-hybridized carbons (Fsp3) is 0.692. The van der Waals surface area contributed by atoms with Gasteiger partial charge in [0.15, 0.2) is 0 Å². The quantitative estimate of drug-likeness (QED) is 0.760. The summed E-state index contributed by atoms with van der Waals surface area (Å²) in [5, 5.41) is 12.4. The summed E-state index contributed by atoms with van der Waals surface area (Å²) >= 11 is 3.42. The van der Waals surface area contributed by atoms with E-state index in [4.69, 9.17) is 5.11 Å². The van der Waals surface area contributed by atoms with Crippen LogP contribution in [0.4, 0.5) is 5.82 Å². The molecule has 0 radical (unpaired) electrons. The average molecular weight is 314 g/mol. The van der Waals surface area contributed by atoms with Crippen LogP contribution in [0.15, 0.2) is 10.7 Å². The number of aryl methyl sites for hydroxylation is 1. The van der Waals surface area contributed by atoms with Gasteiger partial charge in [0.2, 0.25) is 0 Å². The highest BCUT2D eigenvalue weighted by Gasteiger charge is 2.41. The van der Waals surface area contributed by atoms with Crippen LogP contribution >= 0.6 is 15.9 Å². The SMILES string of the molecule is CCCc1nc(Br)cc(NCC2(CCO)CC2)n1. The van der Waals surface area contributed by atoms with Crippen molar-refractivity contribution in [3.05, 3.63) is 16.5 Å². The maximum absolute atomic E-state index is 9.04. The van der Waals surface area contributed by atoms with Gasteiger partial charge in [-0.2, -0.15) is 0 Å². The Kier molecular flexibility index (Phi) is 4.56. The summed E-state index contributed by atoms with van der Waals surface area (Å²) in [5.41, 5.74) is 0.303. The first kappa shape index (κ1) is 13.7. The van der Waals surface area contributed by atoms with E-state index >= 15 is 0 Å². The maximum Gasteiger partial charge on any atom is 0.132 e. The number of halogens is 1. The van der Waals surface area contributed by atoms with Crippen LogP contribution in [0.2, 0.25) is 0 Å². The number of aromatic nitrogens is 2. The molecule has 1 aromatic rings. The van der Waals surface area contributed by atoms with Crippen LogP contribution in [0, 0.1) is 5.41 Å². The molecular weight excluding hydrogens is 294 g/mol. The Morgan fingerprint density at radius 1 is 1.44 bits per heavy atom. The molecule has 0 spiro atoms. The fourth-order valence-corrected chi connectivity index (χ4v) is 2.52. The number of rotatable bonds is 7. The number of aliphatic hydroxyl groups excluding tert-OH is 1. The maximum atomic E-state index is 9.04. The number of anilines is 1. The Morgan fingerprint density at radius 3 is 2.83 bits per heavy atom. The molecule has 4 nitrogen and oxygen atoms in total. The van der Waals surface area contributed by atoms with Gasteiger partial charge < -0.3 is 10.4 Å². The third kappa shape index (κ3) is 3.65. The van der Waals surface area contributed by atoms with Gasteiger partial charge in [-0.1, -0.05) is 6.92 Å². The minimum atomic E-state index is 0.274. The Balaban J connectivity index is 1.96. The molecule has 0 amide bonds. The summed E-state index contributed by atoms with van der Waals surface area (Å²) in [6, 6.07) is 1.91. The smallest absolute Gasteiger partial charge is 0.132 e. The Labute approximate surface area is 116 Å². The van der Waals surface area contributed by atoms with Gasteiger partial charge in [-0.3, -0.25) is 0 Å². The van der Waals surface area contributed by atoms with Crippen molar-refractivity contribution in [1.82, 2.24) is 9.97 Å². The molecule has 100 valence electrons. The van der Waals surface area contributed by atoms with E-state index in [-0.39, 0.29) is 6.61 Å². The predicted octanol–water partition coefficient (Wildman–Crippen LogP) is 2.77. The standard InChI is InChI=1S/C13H20BrN3O/c1-2-3-11-16-10(14)8-12(17-11)15-9-13(4-5-13)6-7-18/h8,18H,2-7,9H2,1H3,(H,15,16,17). The zero-order valence-electron chi connectivity index (χ0n) is 10.7. The zero-order valence-corrected chi connectivity index (χ0v) is 12.3. The van der Waals surface area contributed by atoms with Gasteiger partial charge in [0.1, 0.15) is 16.2 Å². The van der Waals surface area contributed by atoms with Crippen LogP contribution in [0.25, 0.3) is 0 Å².